The summed E-state index contributed by atoms with van der Waals surface area (Å²) in [7, 11) is 0. The summed E-state index contributed by atoms with van der Waals surface area (Å²) in [6.07, 6.45) is 3.14. The van der Waals surface area contributed by atoms with E-state index < -0.39 is 0 Å². The summed E-state index contributed by atoms with van der Waals surface area (Å²) in [5.41, 5.74) is 10.3. The molecule has 0 saturated carbocycles. The fourth-order valence-corrected chi connectivity index (χ4v) is 2.88. The van der Waals surface area contributed by atoms with Crippen LogP contribution in [0.25, 0.3) is 0 Å². The second-order valence-electron chi connectivity index (χ2n) is 5.42. The van der Waals surface area contributed by atoms with Crippen LogP contribution in [-0.2, 0) is 12.8 Å². The quantitative estimate of drug-likeness (QED) is 0.921. The predicted molar refractivity (Wildman–Crippen MR) is 81.9 cm³/mol. The van der Waals surface area contributed by atoms with Gasteiger partial charge in [-0.2, -0.15) is 0 Å². The number of rotatable bonds is 3. The Balaban J connectivity index is 1.75. The highest BCUT2D eigenvalue weighted by molar-refractivity contribution is 5.34. The minimum absolute atomic E-state index is 0.0363. The Bertz CT molecular complexity index is 576. The molecule has 0 saturated heterocycles. The van der Waals surface area contributed by atoms with E-state index >= 15 is 0 Å². The zero-order valence-electron chi connectivity index (χ0n) is 11.9. The summed E-state index contributed by atoms with van der Waals surface area (Å²) in [6, 6.07) is 16.7. The molecule has 0 aromatic heterocycles. The van der Waals surface area contributed by atoms with Gasteiger partial charge in [-0.25, -0.2) is 0 Å². The van der Waals surface area contributed by atoms with Gasteiger partial charge in [0.1, 0.15) is 11.9 Å². The number of hydrogen-bond donors (Lipinski definition) is 1. The van der Waals surface area contributed by atoms with Gasteiger partial charge in [-0.15, -0.1) is 0 Å². The molecule has 104 valence electrons. The smallest absolute Gasteiger partial charge is 0.119 e. The normalized spacial score (nSPS) is 21.3. The third-order valence-electron chi connectivity index (χ3n) is 4.13. The van der Waals surface area contributed by atoms with E-state index in [0.717, 1.165) is 25.0 Å². The van der Waals surface area contributed by atoms with E-state index in [1.165, 1.54) is 16.7 Å². The Kier molecular flexibility index (Phi) is 3.75. The lowest BCUT2D eigenvalue weighted by Crippen LogP contribution is -2.35. The van der Waals surface area contributed by atoms with Crippen LogP contribution in [0.4, 0.5) is 0 Å². The standard InChI is InChI=1S/C18H21NO/c1-2-13-7-10-15(11-8-13)20-17-12-9-14-5-3-4-6-16(14)18(17)19/h3-8,10-11,17-18H,2,9,12,19H2,1H3. The van der Waals surface area contributed by atoms with E-state index in [-0.39, 0.29) is 12.1 Å². The summed E-state index contributed by atoms with van der Waals surface area (Å²) in [4.78, 5) is 0. The minimum Gasteiger partial charge on any atom is -0.488 e. The van der Waals surface area contributed by atoms with Crippen molar-refractivity contribution in [2.75, 3.05) is 0 Å². The van der Waals surface area contributed by atoms with E-state index in [4.69, 9.17) is 10.5 Å². The van der Waals surface area contributed by atoms with Gasteiger partial charge in [-0.3, -0.25) is 0 Å². The summed E-state index contributed by atoms with van der Waals surface area (Å²) < 4.78 is 6.10. The average molecular weight is 267 g/mol. The van der Waals surface area contributed by atoms with Crippen molar-refractivity contribution in [2.45, 2.75) is 38.3 Å². The van der Waals surface area contributed by atoms with Crippen LogP contribution in [0.5, 0.6) is 5.75 Å². The maximum absolute atomic E-state index is 6.37. The number of fused-ring (bicyclic) bond motifs is 1. The van der Waals surface area contributed by atoms with Crippen molar-refractivity contribution in [3.8, 4) is 5.75 Å². The SMILES string of the molecule is CCc1ccc(OC2CCc3ccccc3C2N)cc1. The van der Waals surface area contributed by atoms with Crippen LogP contribution in [0.3, 0.4) is 0 Å². The van der Waals surface area contributed by atoms with Crippen molar-refractivity contribution >= 4 is 0 Å². The number of aryl methyl sites for hydroxylation is 2. The Labute approximate surface area is 120 Å². The molecule has 20 heavy (non-hydrogen) atoms. The van der Waals surface area contributed by atoms with Crippen LogP contribution in [0.2, 0.25) is 0 Å². The van der Waals surface area contributed by atoms with Gasteiger partial charge in [0.05, 0.1) is 6.04 Å². The maximum Gasteiger partial charge on any atom is 0.119 e. The van der Waals surface area contributed by atoms with Crippen molar-refractivity contribution in [2.24, 2.45) is 5.73 Å². The predicted octanol–water partition coefficient (Wildman–Crippen LogP) is 3.64. The molecule has 2 atom stereocenters. The second kappa shape index (κ2) is 5.68. The van der Waals surface area contributed by atoms with Gasteiger partial charge in [-0.1, -0.05) is 43.3 Å². The number of hydrogen-bond acceptors (Lipinski definition) is 2. The van der Waals surface area contributed by atoms with Crippen molar-refractivity contribution in [3.05, 3.63) is 65.2 Å². The van der Waals surface area contributed by atoms with Crippen molar-refractivity contribution in [1.29, 1.82) is 0 Å². The lowest BCUT2D eigenvalue weighted by atomic mass is 9.86. The first-order chi connectivity index (χ1) is 9.78. The molecule has 0 radical (unpaired) electrons. The fraction of sp³-hybridized carbons (Fsp3) is 0.333. The van der Waals surface area contributed by atoms with E-state index in [2.05, 4.69) is 43.3 Å². The molecule has 0 aliphatic heterocycles. The van der Waals surface area contributed by atoms with Crippen molar-refractivity contribution < 1.29 is 4.74 Å². The maximum atomic E-state index is 6.37. The molecule has 2 aromatic rings. The summed E-state index contributed by atoms with van der Waals surface area (Å²) in [5.74, 6) is 0.919. The van der Waals surface area contributed by atoms with Gasteiger partial charge in [0, 0.05) is 0 Å². The third kappa shape index (κ3) is 2.56. The van der Waals surface area contributed by atoms with E-state index in [0.29, 0.717) is 0 Å². The van der Waals surface area contributed by atoms with Gasteiger partial charge >= 0.3 is 0 Å². The highest BCUT2D eigenvalue weighted by Crippen LogP contribution is 2.31. The first kappa shape index (κ1) is 13.2. The Hall–Kier alpha value is -1.80. The van der Waals surface area contributed by atoms with Crippen LogP contribution in [0.15, 0.2) is 48.5 Å². The first-order valence-electron chi connectivity index (χ1n) is 7.37. The number of benzene rings is 2. The third-order valence-corrected chi connectivity index (χ3v) is 4.13. The number of nitrogens with two attached hydrogens (primary N) is 1. The monoisotopic (exact) mass is 267 g/mol. The van der Waals surface area contributed by atoms with Crippen LogP contribution in [-0.4, -0.2) is 6.10 Å². The highest BCUT2D eigenvalue weighted by atomic mass is 16.5. The lowest BCUT2D eigenvalue weighted by molar-refractivity contribution is 0.153. The summed E-state index contributed by atoms with van der Waals surface area (Å²) in [5, 5.41) is 0. The van der Waals surface area contributed by atoms with Gasteiger partial charge in [0.2, 0.25) is 0 Å². The molecular weight excluding hydrogens is 246 g/mol. The number of ether oxygens (including phenoxy) is 1. The van der Waals surface area contributed by atoms with E-state index in [9.17, 15) is 0 Å². The molecule has 2 unspecified atom stereocenters. The highest BCUT2D eigenvalue weighted by Gasteiger charge is 2.27. The van der Waals surface area contributed by atoms with Gasteiger partial charge in [-0.05, 0) is 48.1 Å². The molecule has 0 spiro atoms. The molecule has 2 heteroatoms. The molecule has 2 aromatic carbocycles. The molecule has 0 fully saturated rings. The van der Waals surface area contributed by atoms with E-state index in [1.807, 2.05) is 12.1 Å². The topological polar surface area (TPSA) is 35.2 Å². The Morgan fingerprint density at radius 3 is 2.60 bits per heavy atom. The van der Waals surface area contributed by atoms with Crippen molar-refractivity contribution in [1.82, 2.24) is 0 Å². The zero-order valence-corrected chi connectivity index (χ0v) is 11.9. The van der Waals surface area contributed by atoms with Crippen LogP contribution in [0, 0.1) is 0 Å². The molecular formula is C18H21NO. The molecule has 1 aliphatic rings. The fourth-order valence-electron chi connectivity index (χ4n) is 2.88. The molecule has 2 nitrogen and oxygen atoms in total. The Morgan fingerprint density at radius 1 is 1.10 bits per heavy atom. The van der Waals surface area contributed by atoms with Gasteiger partial charge in [0.25, 0.3) is 0 Å². The lowest BCUT2D eigenvalue weighted by Gasteiger charge is -2.31. The van der Waals surface area contributed by atoms with Crippen LogP contribution < -0.4 is 10.5 Å². The van der Waals surface area contributed by atoms with Crippen molar-refractivity contribution in [3.63, 3.8) is 0 Å². The van der Waals surface area contributed by atoms with Crippen LogP contribution >= 0.6 is 0 Å². The molecule has 0 bridgehead atoms. The Morgan fingerprint density at radius 2 is 1.85 bits per heavy atom. The van der Waals surface area contributed by atoms with Gasteiger partial charge in [0.15, 0.2) is 0 Å². The molecule has 2 N–H and O–H groups in total. The summed E-state index contributed by atoms with van der Waals surface area (Å²) in [6.45, 7) is 2.16. The molecule has 0 heterocycles. The first-order valence-corrected chi connectivity index (χ1v) is 7.37. The summed E-state index contributed by atoms with van der Waals surface area (Å²) >= 11 is 0. The molecule has 1 aliphatic carbocycles. The van der Waals surface area contributed by atoms with E-state index in [1.54, 1.807) is 0 Å². The minimum atomic E-state index is -0.0363. The largest absolute Gasteiger partial charge is 0.488 e. The molecule has 3 rings (SSSR count). The van der Waals surface area contributed by atoms with Gasteiger partial charge < -0.3 is 10.5 Å². The average Bonchev–Trinajstić information content (AvgIpc) is 2.51. The zero-order chi connectivity index (χ0) is 13.9. The second-order valence-corrected chi connectivity index (χ2v) is 5.42. The molecule has 0 amide bonds. The van der Waals surface area contributed by atoms with Crippen LogP contribution in [0.1, 0.15) is 36.1 Å².